The summed E-state index contributed by atoms with van der Waals surface area (Å²) in [5.41, 5.74) is 7.07. The number of halogens is 1. The first-order valence-electron chi connectivity index (χ1n) is 5.30. The first-order valence-corrected chi connectivity index (χ1v) is 6.97. The number of hydrogen-bond donors (Lipinski definition) is 1. The third-order valence-corrected chi connectivity index (χ3v) is 4.36. The average molecular weight is 312 g/mol. The van der Waals surface area contributed by atoms with E-state index in [9.17, 15) is 0 Å². The molecule has 3 nitrogen and oxygen atoms in total. The molecule has 0 aliphatic heterocycles. The summed E-state index contributed by atoms with van der Waals surface area (Å²) in [7, 11) is 1.99. The fourth-order valence-electron chi connectivity index (χ4n) is 1.52. The first kappa shape index (κ1) is 12.7. The van der Waals surface area contributed by atoms with Crippen LogP contribution in [-0.2, 0) is 7.05 Å². The predicted octanol–water partition coefficient (Wildman–Crippen LogP) is 2.97. The van der Waals surface area contributed by atoms with Gasteiger partial charge in [0.2, 0.25) is 0 Å². The highest BCUT2D eigenvalue weighted by molar-refractivity contribution is 9.10. The van der Waals surface area contributed by atoms with Crippen molar-refractivity contribution in [3.05, 3.63) is 46.7 Å². The molecule has 0 saturated heterocycles. The standard InChI is InChI=1S/C12H14BrN3S/c1-16-7-6-15-12(16)17-11(8-14)9-2-4-10(13)5-3-9/h2-7,11H,8,14H2,1H3. The molecule has 2 N–H and O–H groups in total. The zero-order valence-electron chi connectivity index (χ0n) is 9.51. The minimum Gasteiger partial charge on any atom is -0.329 e. The van der Waals surface area contributed by atoms with E-state index in [0.717, 1.165) is 9.63 Å². The SMILES string of the molecule is Cn1ccnc1SC(CN)c1ccc(Br)cc1. The summed E-state index contributed by atoms with van der Waals surface area (Å²) < 4.78 is 3.09. The van der Waals surface area contributed by atoms with Gasteiger partial charge in [0, 0.05) is 35.7 Å². The summed E-state index contributed by atoms with van der Waals surface area (Å²) in [6, 6.07) is 8.27. The second-order valence-electron chi connectivity index (χ2n) is 3.71. The molecule has 2 aromatic rings. The van der Waals surface area contributed by atoms with E-state index in [1.807, 2.05) is 29.9 Å². The van der Waals surface area contributed by atoms with Gasteiger partial charge >= 0.3 is 0 Å². The molecule has 1 heterocycles. The smallest absolute Gasteiger partial charge is 0.168 e. The molecular formula is C12H14BrN3S. The van der Waals surface area contributed by atoms with Crippen LogP contribution in [0.1, 0.15) is 10.8 Å². The third-order valence-electron chi connectivity index (χ3n) is 2.48. The molecule has 0 spiro atoms. The van der Waals surface area contributed by atoms with E-state index in [2.05, 4.69) is 33.0 Å². The third kappa shape index (κ3) is 3.12. The lowest BCUT2D eigenvalue weighted by atomic mass is 10.1. The van der Waals surface area contributed by atoms with Gasteiger partial charge in [-0.15, -0.1) is 0 Å². The number of nitrogens with zero attached hydrogens (tertiary/aromatic N) is 2. The molecular weight excluding hydrogens is 298 g/mol. The molecule has 1 atom stereocenters. The summed E-state index contributed by atoms with van der Waals surface area (Å²) in [4.78, 5) is 4.31. The van der Waals surface area contributed by atoms with Crippen molar-refractivity contribution < 1.29 is 0 Å². The fraction of sp³-hybridized carbons (Fsp3) is 0.250. The van der Waals surface area contributed by atoms with Crippen LogP contribution in [-0.4, -0.2) is 16.1 Å². The molecule has 0 aliphatic rings. The van der Waals surface area contributed by atoms with Crippen molar-refractivity contribution in [3.63, 3.8) is 0 Å². The Bertz CT molecular complexity index is 481. The molecule has 0 aliphatic carbocycles. The summed E-state index contributed by atoms with van der Waals surface area (Å²) >= 11 is 5.13. The molecule has 0 fully saturated rings. The average Bonchev–Trinajstić information content (AvgIpc) is 2.73. The van der Waals surface area contributed by atoms with E-state index in [0.29, 0.717) is 6.54 Å². The highest BCUT2D eigenvalue weighted by Crippen LogP contribution is 2.33. The van der Waals surface area contributed by atoms with Crippen LogP contribution in [0.3, 0.4) is 0 Å². The van der Waals surface area contributed by atoms with Gasteiger partial charge in [0.15, 0.2) is 5.16 Å². The van der Waals surface area contributed by atoms with Crippen molar-refractivity contribution in [2.24, 2.45) is 12.8 Å². The lowest BCUT2D eigenvalue weighted by Gasteiger charge is -2.14. The molecule has 1 aromatic heterocycles. The van der Waals surface area contributed by atoms with Gasteiger partial charge in [-0.3, -0.25) is 0 Å². The normalized spacial score (nSPS) is 12.6. The van der Waals surface area contributed by atoms with Crippen molar-refractivity contribution in [1.29, 1.82) is 0 Å². The topological polar surface area (TPSA) is 43.8 Å². The maximum atomic E-state index is 5.84. The number of rotatable bonds is 4. The van der Waals surface area contributed by atoms with Gasteiger partial charge in [-0.1, -0.05) is 39.8 Å². The zero-order valence-corrected chi connectivity index (χ0v) is 11.9. The van der Waals surface area contributed by atoms with Crippen LogP contribution in [0.25, 0.3) is 0 Å². The lowest BCUT2D eigenvalue weighted by Crippen LogP contribution is -2.10. The molecule has 1 aromatic carbocycles. The van der Waals surface area contributed by atoms with Crippen LogP contribution in [0.2, 0.25) is 0 Å². The highest BCUT2D eigenvalue weighted by Gasteiger charge is 2.13. The maximum Gasteiger partial charge on any atom is 0.168 e. The van der Waals surface area contributed by atoms with Gasteiger partial charge in [0.25, 0.3) is 0 Å². The van der Waals surface area contributed by atoms with Gasteiger partial charge in [0.1, 0.15) is 0 Å². The minimum atomic E-state index is 0.240. The van der Waals surface area contributed by atoms with Crippen LogP contribution in [0.15, 0.2) is 46.3 Å². The van der Waals surface area contributed by atoms with E-state index < -0.39 is 0 Å². The van der Waals surface area contributed by atoms with Crippen molar-refractivity contribution in [1.82, 2.24) is 9.55 Å². The summed E-state index contributed by atoms with van der Waals surface area (Å²) in [6.07, 6.45) is 3.75. The Kier molecular flexibility index (Phi) is 4.25. The van der Waals surface area contributed by atoms with E-state index in [1.54, 1.807) is 18.0 Å². The number of nitrogens with two attached hydrogens (primary N) is 1. The van der Waals surface area contributed by atoms with Gasteiger partial charge in [-0.2, -0.15) is 0 Å². The largest absolute Gasteiger partial charge is 0.329 e. The molecule has 0 saturated carbocycles. The number of aromatic nitrogens is 2. The molecule has 17 heavy (non-hydrogen) atoms. The second-order valence-corrected chi connectivity index (χ2v) is 5.80. The lowest BCUT2D eigenvalue weighted by molar-refractivity contribution is 0.783. The monoisotopic (exact) mass is 311 g/mol. The van der Waals surface area contributed by atoms with Crippen molar-refractivity contribution in [2.75, 3.05) is 6.54 Å². The Labute approximate surface area is 114 Å². The molecule has 1 unspecified atom stereocenters. The van der Waals surface area contributed by atoms with Crippen LogP contribution >= 0.6 is 27.7 Å². The van der Waals surface area contributed by atoms with E-state index >= 15 is 0 Å². The summed E-state index contributed by atoms with van der Waals surface area (Å²) in [5, 5.41) is 1.23. The molecule has 0 radical (unpaired) electrons. The number of aryl methyl sites for hydroxylation is 1. The molecule has 5 heteroatoms. The van der Waals surface area contributed by atoms with Crippen LogP contribution < -0.4 is 5.73 Å². The van der Waals surface area contributed by atoms with Gasteiger partial charge in [-0.05, 0) is 17.7 Å². The summed E-state index contributed by atoms with van der Waals surface area (Å²) in [6.45, 7) is 0.596. The second kappa shape index (κ2) is 5.71. The molecule has 90 valence electrons. The van der Waals surface area contributed by atoms with Crippen LogP contribution in [0.4, 0.5) is 0 Å². The van der Waals surface area contributed by atoms with Crippen molar-refractivity contribution in [3.8, 4) is 0 Å². The Morgan fingerprint density at radius 3 is 2.65 bits per heavy atom. The summed E-state index contributed by atoms with van der Waals surface area (Å²) in [5.74, 6) is 0. The Hall–Kier alpha value is -0.780. The number of benzene rings is 1. The fourth-order valence-corrected chi connectivity index (χ4v) is 2.78. The first-order chi connectivity index (χ1) is 8.20. The Morgan fingerprint density at radius 1 is 1.41 bits per heavy atom. The number of hydrogen-bond acceptors (Lipinski definition) is 3. The van der Waals surface area contributed by atoms with Crippen LogP contribution in [0.5, 0.6) is 0 Å². The van der Waals surface area contributed by atoms with Gasteiger partial charge in [-0.25, -0.2) is 4.98 Å². The van der Waals surface area contributed by atoms with E-state index in [1.165, 1.54) is 5.56 Å². The Morgan fingerprint density at radius 2 is 2.12 bits per heavy atom. The quantitative estimate of drug-likeness (QED) is 0.883. The van der Waals surface area contributed by atoms with Crippen LogP contribution in [0, 0.1) is 0 Å². The van der Waals surface area contributed by atoms with E-state index in [-0.39, 0.29) is 5.25 Å². The Balaban J connectivity index is 2.17. The number of thioether (sulfide) groups is 1. The zero-order chi connectivity index (χ0) is 12.3. The highest BCUT2D eigenvalue weighted by atomic mass is 79.9. The molecule has 0 bridgehead atoms. The number of imidazole rings is 1. The molecule has 0 amide bonds. The molecule has 2 rings (SSSR count). The maximum absolute atomic E-state index is 5.84. The van der Waals surface area contributed by atoms with Crippen molar-refractivity contribution in [2.45, 2.75) is 10.4 Å². The van der Waals surface area contributed by atoms with Gasteiger partial charge in [0.05, 0.1) is 0 Å². The van der Waals surface area contributed by atoms with E-state index in [4.69, 9.17) is 5.73 Å². The van der Waals surface area contributed by atoms with Gasteiger partial charge < -0.3 is 10.3 Å². The minimum absolute atomic E-state index is 0.240. The predicted molar refractivity (Wildman–Crippen MR) is 75.0 cm³/mol. The van der Waals surface area contributed by atoms with Crippen molar-refractivity contribution >= 4 is 27.7 Å².